The van der Waals surface area contributed by atoms with Crippen molar-refractivity contribution in [3.8, 4) is 10.6 Å². The standard InChI is InChI=1S/C20H30N4O2S/c1-7-8-9-26-16-10-15(20(16,3)4)24(6)19(25)17-13(2)22-18(27-17)14-11-21-23(5)12-14/h11-12,15-16H,7-10H2,1-6H3/t15-,16+/m0/s1. The Morgan fingerprint density at radius 1 is 1.48 bits per heavy atom. The van der Waals surface area contributed by atoms with E-state index in [0.717, 1.165) is 42.1 Å². The van der Waals surface area contributed by atoms with Gasteiger partial charge in [0.2, 0.25) is 0 Å². The van der Waals surface area contributed by atoms with Gasteiger partial charge in [0.15, 0.2) is 0 Å². The number of aromatic nitrogens is 3. The first-order valence-corrected chi connectivity index (χ1v) is 10.4. The van der Waals surface area contributed by atoms with Crippen LogP contribution in [-0.2, 0) is 11.8 Å². The van der Waals surface area contributed by atoms with E-state index < -0.39 is 0 Å². The summed E-state index contributed by atoms with van der Waals surface area (Å²) in [4.78, 5) is 20.3. The number of aryl methyl sites for hydroxylation is 2. The molecule has 0 saturated heterocycles. The number of amides is 1. The van der Waals surface area contributed by atoms with Crippen LogP contribution in [0.25, 0.3) is 10.6 Å². The summed E-state index contributed by atoms with van der Waals surface area (Å²) in [6, 6.07) is 0.181. The summed E-state index contributed by atoms with van der Waals surface area (Å²) >= 11 is 1.45. The Morgan fingerprint density at radius 3 is 2.81 bits per heavy atom. The van der Waals surface area contributed by atoms with Gasteiger partial charge in [-0.3, -0.25) is 9.48 Å². The Labute approximate surface area is 165 Å². The molecule has 2 aromatic rings. The number of carbonyl (C=O) groups is 1. The number of carbonyl (C=O) groups excluding carboxylic acids is 1. The highest BCUT2D eigenvalue weighted by Crippen LogP contribution is 2.46. The molecule has 1 amide bonds. The van der Waals surface area contributed by atoms with E-state index in [4.69, 9.17) is 4.74 Å². The van der Waals surface area contributed by atoms with Crippen molar-refractivity contribution in [2.45, 2.75) is 59.1 Å². The second kappa shape index (κ2) is 7.72. The summed E-state index contributed by atoms with van der Waals surface area (Å²) in [5.41, 5.74) is 1.69. The fourth-order valence-electron chi connectivity index (χ4n) is 3.73. The fourth-order valence-corrected chi connectivity index (χ4v) is 4.75. The minimum absolute atomic E-state index is 0.0388. The lowest BCUT2D eigenvalue weighted by atomic mass is 9.63. The number of rotatable bonds is 7. The zero-order valence-electron chi connectivity index (χ0n) is 17.2. The Kier molecular flexibility index (Phi) is 5.72. The number of thiazole rings is 1. The molecule has 0 aromatic carbocycles. The van der Waals surface area contributed by atoms with Crippen LogP contribution in [0.15, 0.2) is 12.4 Å². The first-order valence-electron chi connectivity index (χ1n) is 9.60. The summed E-state index contributed by atoms with van der Waals surface area (Å²) in [6.07, 6.45) is 7.04. The molecule has 1 aliphatic rings. The summed E-state index contributed by atoms with van der Waals surface area (Å²) in [5.74, 6) is 0.0465. The second-order valence-corrected chi connectivity index (χ2v) is 9.04. The second-order valence-electron chi connectivity index (χ2n) is 8.04. The van der Waals surface area contributed by atoms with Gasteiger partial charge >= 0.3 is 0 Å². The molecule has 2 heterocycles. The Balaban J connectivity index is 1.70. The topological polar surface area (TPSA) is 60.2 Å². The maximum absolute atomic E-state index is 13.1. The monoisotopic (exact) mass is 390 g/mol. The molecule has 148 valence electrons. The van der Waals surface area contributed by atoms with E-state index in [1.807, 2.05) is 32.1 Å². The number of hydrogen-bond donors (Lipinski definition) is 0. The van der Waals surface area contributed by atoms with Gasteiger partial charge in [-0.05, 0) is 19.8 Å². The highest BCUT2D eigenvalue weighted by atomic mass is 32.1. The maximum atomic E-state index is 13.1. The molecule has 0 N–H and O–H groups in total. The van der Waals surface area contributed by atoms with E-state index in [1.165, 1.54) is 11.3 Å². The molecular weight excluding hydrogens is 360 g/mol. The largest absolute Gasteiger partial charge is 0.378 e. The summed E-state index contributed by atoms with van der Waals surface area (Å²) in [6.45, 7) is 9.27. The minimum atomic E-state index is -0.0388. The molecule has 7 heteroatoms. The van der Waals surface area contributed by atoms with Gasteiger partial charge in [-0.15, -0.1) is 11.3 Å². The summed E-state index contributed by atoms with van der Waals surface area (Å²) in [5, 5.41) is 5.03. The first kappa shape index (κ1) is 20.0. The van der Waals surface area contributed by atoms with Crippen molar-refractivity contribution < 1.29 is 9.53 Å². The lowest BCUT2D eigenvalue weighted by Crippen LogP contribution is -2.62. The zero-order valence-corrected chi connectivity index (χ0v) is 18.0. The molecule has 2 atom stereocenters. The van der Waals surface area contributed by atoms with Crippen LogP contribution in [0.3, 0.4) is 0 Å². The third-order valence-corrected chi connectivity index (χ3v) is 6.87. The Morgan fingerprint density at radius 2 is 2.22 bits per heavy atom. The molecule has 0 spiro atoms. The van der Waals surface area contributed by atoms with Crippen LogP contribution in [0, 0.1) is 12.3 Å². The number of nitrogens with zero attached hydrogens (tertiary/aromatic N) is 4. The molecular formula is C20H30N4O2S. The van der Waals surface area contributed by atoms with Crippen molar-refractivity contribution in [1.82, 2.24) is 19.7 Å². The van der Waals surface area contributed by atoms with Gasteiger partial charge < -0.3 is 9.64 Å². The van der Waals surface area contributed by atoms with Gasteiger partial charge in [-0.1, -0.05) is 27.2 Å². The first-order chi connectivity index (χ1) is 12.8. The molecule has 0 unspecified atom stereocenters. The van der Waals surface area contributed by atoms with E-state index in [0.29, 0.717) is 4.88 Å². The molecule has 1 aliphatic carbocycles. The van der Waals surface area contributed by atoms with Gasteiger partial charge in [0.05, 0.1) is 18.0 Å². The third-order valence-electron chi connectivity index (χ3n) is 5.67. The van der Waals surface area contributed by atoms with Crippen molar-refractivity contribution in [1.29, 1.82) is 0 Å². The van der Waals surface area contributed by atoms with E-state index in [1.54, 1.807) is 10.9 Å². The van der Waals surface area contributed by atoms with Gasteiger partial charge in [0.1, 0.15) is 9.88 Å². The lowest BCUT2D eigenvalue weighted by Gasteiger charge is -2.54. The molecule has 0 bridgehead atoms. The predicted octanol–water partition coefficient (Wildman–Crippen LogP) is 3.91. The van der Waals surface area contributed by atoms with Gasteiger partial charge in [-0.2, -0.15) is 5.10 Å². The maximum Gasteiger partial charge on any atom is 0.265 e. The van der Waals surface area contributed by atoms with Crippen molar-refractivity contribution in [2.75, 3.05) is 13.7 Å². The van der Waals surface area contributed by atoms with E-state index in [9.17, 15) is 4.79 Å². The minimum Gasteiger partial charge on any atom is -0.378 e. The molecule has 6 nitrogen and oxygen atoms in total. The van der Waals surface area contributed by atoms with E-state index in [-0.39, 0.29) is 23.5 Å². The van der Waals surface area contributed by atoms with Crippen LogP contribution in [0.1, 0.15) is 55.4 Å². The highest BCUT2D eigenvalue weighted by molar-refractivity contribution is 7.17. The molecule has 0 aliphatic heterocycles. The molecule has 1 saturated carbocycles. The lowest BCUT2D eigenvalue weighted by molar-refractivity contribution is -0.140. The van der Waals surface area contributed by atoms with Crippen LogP contribution >= 0.6 is 11.3 Å². The zero-order chi connectivity index (χ0) is 19.8. The SMILES string of the molecule is CCCCO[C@@H]1C[C@H](N(C)C(=O)c2sc(-c3cnn(C)c3)nc2C)C1(C)C. The molecule has 0 radical (unpaired) electrons. The summed E-state index contributed by atoms with van der Waals surface area (Å²) in [7, 11) is 3.78. The average Bonchev–Trinajstić information content (AvgIpc) is 3.22. The molecule has 1 fully saturated rings. The van der Waals surface area contributed by atoms with Crippen molar-refractivity contribution in [3.05, 3.63) is 23.0 Å². The fraction of sp³-hybridized carbons (Fsp3) is 0.650. The van der Waals surface area contributed by atoms with Crippen LogP contribution in [0.4, 0.5) is 0 Å². The quantitative estimate of drug-likeness (QED) is 0.673. The average molecular weight is 391 g/mol. The normalized spacial score (nSPS) is 21.1. The van der Waals surface area contributed by atoms with Crippen molar-refractivity contribution >= 4 is 17.2 Å². The number of unbranched alkanes of at least 4 members (excludes halogenated alkanes) is 1. The number of hydrogen-bond acceptors (Lipinski definition) is 5. The van der Waals surface area contributed by atoms with Crippen LogP contribution in [0.5, 0.6) is 0 Å². The number of ether oxygens (including phenoxy) is 1. The van der Waals surface area contributed by atoms with Crippen molar-refractivity contribution in [2.24, 2.45) is 12.5 Å². The van der Waals surface area contributed by atoms with Gasteiger partial charge in [0.25, 0.3) is 5.91 Å². The van der Waals surface area contributed by atoms with Gasteiger partial charge in [-0.25, -0.2) is 4.98 Å². The molecule has 2 aromatic heterocycles. The Bertz CT molecular complexity index is 811. The smallest absolute Gasteiger partial charge is 0.265 e. The van der Waals surface area contributed by atoms with Crippen LogP contribution in [0.2, 0.25) is 0 Å². The third kappa shape index (κ3) is 3.80. The van der Waals surface area contributed by atoms with E-state index in [2.05, 4.69) is 30.9 Å². The van der Waals surface area contributed by atoms with Crippen molar-refractivity contribution in [3.63, 3.8) is 0 Å². The van der Waals surface area contributed by atoms with E-state index >= 15 is 0 Å². The van der Waals surface area contributed by atoms with Crippen LogP contribution < -0.4 is 0 Å². The van der Waals surface area contributed by atoms with Crippen LogP contribution in [-0.4, -0.2) is 51.4 Å². The van der Waals surface area contributed by atoms with Gasteiger partial charge in [0, 0.05) is 43.9 Å². The summed E-state index contributed by atoms with van der Waals surface area (Å²) < 4.78 is 7.78. The highest BCUT2D eigenvalue weighted by Gasteiger charge is 2.52. The molecule has 27 heavy (non-hydrogen) atoms. The predicted molar refractivity (Wildman–Crippen MR) is 108 cm³/mol. The Hall–Kier alpha value is -1.73. The molecule has 3 rings (SSSR count).